The molecule has 21 heavy (non-hydrogen) atoms. The van der Waals surface area contributed by atoms with E-state index in [4.69, 9.17) is 21.3 Å². The number of aromatic nitrogens is 4. The number of hydrogen-bond acceptors (Lipinski definition) is 4. The molecule has 3 rings (SSSR count). The van der Waals surface area contributed by atoms with Crippen LogP contribution in [-0.2, 0) is 18.3 Å². The van der Waals surface area contributed by atoms with Gasteiger partial charge in [-0.25, -0.2) is 4.98 Å². The van der Waals surface area contributed by atoms with E-state index in [-0.39, 0.29) is 5.38 Å². The van der Waals surface area contributed by atoms with Crippen molar-refractivity contribution in [2.75, 3.05) is 32.8 Å². The minimum absolute atomic E-state index is 0.110. The number of fused-ring (bicyclic) bond motifs is 1. The summed E-state index contributed by atoms with van der Waals surface area (Å²) < 4.78 is 9.51. The zero-order valence-corrected chi connectivity index (χ0v) is 13.6. The van der Waals surface area contributed by atoms with Gasteiger partial charge < -0.3 is 9.30 Å². The van der Waals surface area contributed by atoms with Gasteiger partial charge >= 0.3 is 0 Å². The van der Waals surface area contributed by atoms with E-state index in [1.807, 2.05) is 25.6 Å². The molecule has 7 heteroatoms. The van der Waals surface area contributed by atoms with E-state index in [0.717, 1.165) is 62.1 Å². The van der Waals surface area contributed by atoms with Gasteiger partial charge in [-0.05, 0) is 13.8 Å². The van der Waals surface area contributed by atoms with Crippen LogP contribution in [0, 0.1) is 6.92 Å². The first-order chi connectivity index (χ1) is 10.1. The second-order valence-electron chi connectivity index (χ2n) is 5.57. The maximum absolute atomic E-state index is 6.32. The van der Waals surface area contributed by atoms with Crippen molar-refractivity contribution in [3.63, 3.8) is 0 Å². The standard InChI is InChI=1S/C14H22ClN5O/c1-10(15)13-16-12-11(2)17-18(3)14(12)20(13)5-4-19-6-8-21-9-7-19/h10H,4-9H2,1-3H3. The number of nitrogens with zero attached hydrogens (tertiary/aromatic N) is 5. The summed E-state index contributed by atoms with van der Waals surface area (Å²) in [6.45, 7) is 9.45. The Balaban J connectivity index is 1.89. The van der Waals surface area contributed by atoms with Crippen molar-refractivity contribution in [3.05, 3.63) is 11.5 Å². The molecule has 0 aliphatic carbocycles. The summed E-state index contributed by atoms with van der Waals surface area (Å²) in [5, 5.41) is 4.35. The summed E-state index contributed by atoms with van der Waals surface area (Å²) in [5.74, 6) is 0.927. The summed E-state index contributed by atoms with van der Waals surface area (Å²) in [4.78, 5) is 7.12. The van der Waals surface area contributed by atoms with Crippen molar-refractivity contribution in [1.29, 1.82) is 0 Å². The number of alkyl halides is 1. The van der Waals surface area contributed by atoms with E-state index in [1.165, 1.54) is 0 Å². The number of rotatable bonds is 4. The van der Waals surface area contributed by atoms with Gasteiger partial charge in [0.05, 0.1) is 24.3 Å². The maximum Gasteiger partial charge on any atom is 0.158 e. The Morgan fingerprint density at radius 1 is 1.29 bits per heavy atom. The molecule has 1 saturated heterocycles. The van der Waals surface area contributed by atoms with Crippen molar-refractivity contribution < 1.29 is 4.74 Å². The van der Waals surface area contributed by atoms with Crippen molar-refractivity contribution in [1.82, 2.24) is 24.2 Å². The number of aryl methyl sites for hydroxylation is 2. The van der Waals surface area contributed by atoms with Gasteiger partial charge in [-0.3, -0.25) is 9.58 Å². The molecule has 1 unspecified atom stereocenters. The molecule has 0 amide bonds. The topological polar surface area (TPSA) is 48.1 Å². The van der Waals surface area contributed by atoms with Crippen LogP contribution in [0.3, 0.4) is 0 Å². The van der Waals surface area contributed by atoms with Crippen LogP contribution in [0.25, 0.3) is 11.2 Å². The first kappa shape index (κ1) is 14.8. The molecule has 116 valence electrons. The molecule has 2 aromatic rings. The van der Waals surface area contributed by atoms with Crippen molar-refractivity contribution >= 4 is 22.8 Å². The molecule has 0 radical (unpaired) electrons. The quantitative estimate of drug-likeness (QED) is 0.807. The van der Waals surface area contributed by atoms with Gasteiger partial charge in [-0.1, -0.05) is 0 Å². The predicted molar refractivity (Wildman–Crippen MR) is 82.8 cm³/mol. The van der Waals surface area contributed by atoms with Crippen LogP contribution in [0.1, 0.15) is 23.8 Å². The van der Waals surface area contributed by atoms with Crippen LogP contribution >= 0.6 is 11.6 Å². The molecule has 2 aromatic heterocycles. The van der Waals surface area contributed by atoms with E-state index in [0.29, 0.717) is 0 Å². The summed E-state index contributed by atoms with van der Waals surface area (Å²) in [5.41, 5.74) is 2.97. The van der Waals surface area contributed by atoms with Crippen LogP contribution in [0.5, 0.6) is 0 Å². The van der Waals surface area contributed by atoms with Crippen molar-refractivity contribution in [3.8, 4) is 0 Å². The van der Waals surface area contributed by atoms with Gasteiger partial charge in [0.1, 0.15) is 11.3 Å². The van der Waals surface area contributed by atoms with E-state index in [2.05, 4.69) is 14.6 Å². The lowest BCUT2D eigenvalue weighted by Crippen LogP contribution is -2.38. The fraction of sp³-hybridized carbons (Fsp3) is 0.714. The third-order valence-electron chi connectivity index (χ3n) is 4.02. The van der Waals surface area contributed by atoms with Crippen molar-refractivity contribution in [2.24, 2.45) is 7.05 Å². The van der Waals surface area contributed by atoms with Gasteiger partial charge in [0.25, 0.3) is 0 Å². The molecule has 1 fully saturated rings. The second kappa shape index (κ2) is 5.94. The minimum Gasteiger partial charge on any atom is -0.379 e. The number of ether oxygens (including phenoxy) is 1. The lowest BCUT2D eigenvalue weighted by molar-refractivity contribution is 0.0364. The predicted octanol–water partition coefficient (Wildman–Crippen LogP) is 1.71. The van der Waals surface area contributed by atoms with Crippen LogP contribution in [-0.4, -0.2) is 57.1 Å². The van der Waals surface area contributed by atoms with Crippen LogP contribution in [0.15, 0.2) is 0 Å². The molecule has 1 aliphatic rings. The fourth-order valence-corrected chi connectivity index (χ4v) is 3.11. The maximum atomic E-state index is 6.32. The summed E-state index contributed by atoms with van der Waals surface area (Å²) in [7, 11) is 1.96. The van der Waals surface area contributed by atoms with Crippen LogP contribution in [0.4, 0.5) is 0 Å². The average Bonchev–Trinajstić information content (AvgIpc) is 2.97. The third kappa shape index (κ3) is 2.80. The molecular weight excluding hydrogens is 290 g/mol. The molecule has 0 N–H and O–H groups in total. The first-order valence-electron chi connectivity index (χ1n) is 7.42. The van der Waals surface area contributed by atoms with Gasteiger partial charge in [0.2, 0.25) is 0 Å². The molecule has 0 spiro atoms. The van der Waals surface area contributed by atoms with Gasteiger partial charge in [-0.15, -0.1) is 11.6 Å². The molecule has 3 heterocycles. The highest BCUT2D eigenvalue weighted by molar-refractivity contribution is 6.20. The highest BCUT2D eigenvalue weighted by Crippen LogP contribution is 2.26. The van der Waals surface area contributed by atoms with Crippen LogP contribution < -0.4 is 0 Å². The lowest BCUT2D eigenvalue weighted by Gasteiger charge is -2.27. The number of halogens is 1. The molecular formula is C14H22ClN5O. The van der Waals surface area contributed by atoms with Gasteiger partial charge in [-0.2, -0.15) is 5.10 Å². The summed E-state index contributed by atoms with van der Waals surface area (Å²) in [6, 6.07) is 0. The normalized spacial score (nSPS) is 18.5. The summed E-state index contributed by atoms with van der Waals surface area (Å²) >= 11 is 6.32. The van der Waals surface area contributed by atoms with Gasteiger partial charge in [0.15, 0.2) is 5.65 Å². The Labute approximate surface area is 129 Å². The monoisotopic (exact) mass is 311 g/mol. The highest BCUT2D eigenvalue weighted by atomic mass is 35.5. The Morgan fingerprint density at radius 2 is 2.00 bits per heavy atom. The summed E-state index contributed by atoms with van der Waals surface area (Å²) in [6.07, 6.45) is 0. The Hall–Kier alpha value is -1.11. The first-order valence-corrected chi connectivity index (χ1v) is 7.85. The number of imidazole rings is 1. The molecule has 0 aromatic carbocycles. The fourth-order valence-electron chi connectivity index (χ4n) is 2.94. The van der Waals surface area contributed by atoms with E-state index in [1.54, 1.807) is 0 Å². The molecule has 1 aliphatic heterocycles. The van der Waals surface area contributed by atoms with Gasteiger partial charge in [0, 0.05) is 33.2 Å². The zero-order chi connectivity index (χ0) is 15.0. The average molecular weight is 312 g/mol. The Morgan fingerprint density at radius 3 is 2.67 bits per heavy atom. The Kier molecular flexibility index (Phi) is 4.19. The molecule has 6 nitrogen and oxygen atoms in total. The van der Waals surface area contributed by atoms with Crippen LogP contribution in [0.2, 0.25) is 0 Å². The molecule has 1 atom stereocenters. The lowest BCUT2D eigenvalue weighted by atomic mass is 10.4. The second-order valence-corrected chi connectivity index (χ2v) is 6.23. The minimum atomic E-state index is -0.110. The third-order valence-corrected chi connectivity index (χ3v) is 4.21. The SMILES string of the molecule is Cc1nn(C)c2c1nc(C(C)Cl)n2CCN1CCOCC1. The zero-order valence-electron chi connectivity index (χ0n) is 12.8. The van der Waals surface area contributed by atoms with E-state index < -0.39 is 0 Å². The Bertz CT molecular complexity index is 627. The van der Waals surface area contributed by atoms with Crippen molar-refractivity contribution in [2.45, 2.75) is 25.8 Å². The molecule has 0 bridgehead atoms. The number of morpholine rings is 1. The van der Waals surface area contributed by atoms with E-state index >= 15 is 0 Å². The number of hydrogen-bond donors (Lipinski definition) is 0. The van der Waals surface area contributed by atoms with E-state index in [9.17, 15) is 0 Å². The largest absolute Gasteiger partial charge is 0.379 e. The highest BCUT2D eigenvalue weighted by Gasteiger charge is 2.20. The molecule has 0 saturated carbocycles. The smallest absolute Gasteiger partial charge is 0.158 e.